The second-order valence-electron chi connectivity index (χ2n) is 8.33. The number of likely N-dealkylation sites (N-methyl/N-ethyl adjacent to an activating group) is 1. The molecule has 1 aromatic heterocycles. The third-order valence-corrected chi connectivity index (χ3v) is 6.67. The lowest BCUT2D eigenvalue weighted by molar-refractivity contribution is -0.176. The van der Waals surface area contributed by atoms with Gasteiger partial charge in [0.1, 0.15) is 11.6 Å². The average molecular weight is 510 g/mol. The van der Waals surface area contributed by atoms with Gasteiger partial charge in [-0.15, -0.1) is 0 Å². The summed E-state index contributed by atoms with van der Waals surface area (Å²) in [4.78, 5) is 56.3. The van der Waals surface area contributed by atoms with Crippen LogP contribution in [0, 0.1) is 0 Å². The Labute approximate surface area is 205 Å². The van der Waals surface area contributed by atoms with Crippen LogP contribution in [-0.2, 0) is 14.4 Å². The third kappa shape index (κ3) is 4.49. The van der Waals surface area contributed by atoms with E-state index in [9.17, 15) is 19.2 Å². The quantitative estimate of drug-likeness (QED) is 0.572. The van der Waals surface area contributed by atoms with E-state index in [0.29, 0.717) is 36.3 Å². The molecule has 0 radical (unpaired) electrons. The molecule has 2 saturated heterocycles. The summed E-state index contributed by atoms with van der Waals surface area (Å²) in [6.45, 7) is 2.10. The van der Waals surface area contributed by atoms with E-state index in [1.165, 1.54) is 22.2 Å². The van der Waals surface area contributed by atoms with Gasteiger partial charge >= 0.3 is 0 Å². The summed E-state index contributed by atoms with van der Waals surface area (Å²) in [6, 6.07) is 0.596. The van der Waals surface area contributed by atoms with Gasteiger partial charge in [0.2, 0.25) is 17.6 Å². The molecule has 182 valence electrons. The van der Waals surface area contributed by atoms with Crippen molar-refractivity contribution in [2.75, 3.05) is 13.6 Å². The Bertz CT molecular complexity index is 1150. The van der Waals surface area contributed by atoms with Crippen LogP contribution in [0.15, 0.2) is 16.5 Å². The maximum atomic E-state index is 13.3. The van der Waals surface area contributed by atoms with Gasteiger partial charge < -0.3 is 15.1 Å². The van der Waals surface area contributed by atoms with Gasteiger partial charge in [-0.1, -0.05) is 30.1 Å². The second kappa shape index (κ2) is 9.89. The summed E-state index contributed by atoms with van der Waals surface area (Å²) in [5.74, 6) is -1.78. The van der Waals surface area contributed by atoms with E-state index in [-0.39, 0.29) is 41.2 Å². The number of ketones is 1. The van der Waals surface area contributed by atoms with E-state index in [4.69, 9.17) is 27.6 Å². The molecule has 2 N–H and O–H groups in total. The highest BCUT2D eigenvalue weighted by atomic mass is 35.5. The summed E-state index contributed by atoms with van der Waals surface area (Å²) >= 11 is 12.1. The molecule has 3 heterocycles. The topological polar surface area (TPSA) is 125 Å². The predicted molar refractivity (Wildman–Crippen MR) is 124 cm³/mol. The van der Waals surface area contributed by atoms with Crippen molar-refractivity contribution in [1.29, 1.82) is 0 Å². The number of benzene rings is 1. The lowest BCUT2D eigenvalue weighted by atomic mass is 10.0. The van der Waals surface area contributed by atoms with E-state index in [1.807, 2.05) is 0 Å². The first-order valence-corrected chi connectivity index (χ1v) is 11.9. The number of Topliss-reactive ketones (excluding diaryl/α,β-unsaturated/α-hetero) is 1. The number of hydrogen-bond donors (Lipinski definition) is 2. The van der Waals surface area contributed by atoms with Gasteiger partial charge in [-0.05, 0) is 44.9 Å². The van der Waals surface area contributed by atoms with Crippen LogP contribution in [0.2, 0.25) is 10.0 Å². The minimum absolute atomic E-state index is 0.200. The predicted octanol–water partition coefficient (Wildman–Crippen LogP) is 2.33. The fourth-order valence-corrected chi connectivity index (χ4v) is 4.90. The van der Waals surface area contributed by atoms with Crippen molar-refractivity contribution >= 4 is 57.8 Å². The molecule has 3 atom stereocenters. The third-order valence-electron chi connectivity index (χ3n) is 6.17. The summed E-state index contributed by atoms with van der Waals surface area (Å²) in [6.07, 6.45) is 1.77. The van der Waals surface area contributed by atoms with Crippen molar-refractivity contribution in [2.45, 2.75) is 57.2 Å². The number of carbonyl (C=O) groups excluding carboxylic acids is 4. The highest BCUT2D eigenvalue weighted by molar-refractivity contribution is 6.38. The van der Waals surface area contributed by atoms with Crippen LogP contribution in [0.1, 0.15) is 49.7 Å². The van der Waals surface area contributed by atoms with Gasteiger partial charge in [0.25, 0.3) is 11.8 Å². The SMILES string of the molecule is CCC(NC(=O)C1CCCN2C(=O)CCC(NC)C(=O)N12)C(=O)c1nc2cc(Cl)cc(Cl)c2o1. The number of halogens is 2. The first kappa shape index (κ1) is 24.4. The van der Waals surface area contributed by atoms with Crippen molar-refractivity contribution < 1.29 is 23.6 Å². The van der Waals surface area contributed by atoms with Crippen LogP contribution in [0.3, 0.4) is 0 Å². The minimum Gasteiger partial charge on any atom is -0.432 e. The molecule has 2 fully saturated rings. The van der Waals surface area contributed by atoms with Crippen molar-refractivity contribution in [2.24, 2.45) is 0 Å². The molecule has 3 unspecified atom stereocenters. The molecule has 3 amide bonds. The standard InChI is InChI=1S/C22H25Cl2N5O5/c1-3-13(18(31)21-27-15-10-11(23)9-12(24)19(15)34-21)26-20(32)16-5-4-8-28-17(30)7-6-14(25-2)22(33)29(16)28/h9-10,13-14,16,25H,3-8H2,1-2H3,(H,26,32). The Morgan fingerprint density at radius 1 is 1.26 bits per heavy atom. The normalized spacial score (nSPS) is 21.9. The fraction of sp³-hybridized carbons (Fsp3) is 0.500. The summed E-state index contributed by atoms with van der Waals surface area (Å²) in [7, 11) is 1.65. The molecule has 0 bridgehead atoms. The number of hydrazine groups is 1. The molecule has 0 spiro atoms. The Kier molecular flexibility index (Phi) is 7.11. The van der Waals surface area contributed by atoms with E-state index in [2.05, 4.69) is 15.6 Å². The molecule has 12 heteroatoms. The Morgan fingerprint density at radius 3 is 2.74 bits per heavy atom. The number of nitrogens with one attached hydrogen (secondary N) is 2. The maximum Gasteiger partial charge on any atom is 0.266 e. The minimum atomic E-state index is -0.942. The number of rotatable bonds is 6. The average Bonchev–Trinajstić information content (AvgIpc) is 3.20. The molecule has 10 nitrogen and oxygen atoms in total. The number of carbonyl (C=O) groups is 4. The van der Waals surface area contributed by atoms with Gasteiger partial charge in [-0.2, -0.15) is 0 Å². The summed E-state index contributed by atoms with van der Waals surface area (Å²) < 4.78 is 5.56. The van der Waals surface area contributed by atoms with Gasteiger partial charge in [0.05, 0.1) is 17.1 Å². The van der Waals surface area contributed by atoms with Crippen molar-refractivity contribution in [3.05, 3.63) is 28.1 Å². The van der Waals surface area contributed by atoms with Crippen molar-refractivity contribution in [3.8, 4) is 0 Å². The molecule has 4 rings (SSSR count). The van der Waals surface area contributed by atoms with Crippen LogP contribution >= 0.6 is 23.2 Å². The van der Waals surface area contributed by atoms with Gasteiger partial charge in [-0.25, -0.2) is 9.99 Å². The van der Waals surface area contributed by atoms with Gasteiger partial charge in [0, 0.05) is 18.0 Å². The lowest BCUT2D eigenvalue weighted by Gasteiger charge is -2.43. The van der Waals surface area contributed by atoms with Crippen LogP contribution in [0.5, 0.6) is 0 Å². The molecule has 1 aromatic carbocycles. The Balaban J connectivity index is 1.56. The van der Waals surface area contributed by atoms with E-state index in [0.717, 1.165) is 0 Å². The highest BCUT2D eigenvalue weighted by Gasteiger charge is 2.44. The molecular weight excluding hydrogens is 485 g/mol. The molecule has 2 aliphatic heterocycles. The maximum absolute atomic E-state index is 13.3. The molecule has 0 aliphatic carbocycles. The number of hydrogen-bond acceptors (Lipinski definition) is 7. The van der Waals surface area contributed by atoms with E-state index >= 15 is 0 Å². The summed E-state index contributed by atoms with van der Waals surface area (Å²) in [5.41, 5.74) is 0.557. The smallest absolute Gasteiger partial charge is 0.266 e. The zero-order valence-corrected chi connectivity index (χ0v) is 20.3. The fourth-order valence-electron chi connectivity index (χ4n) is 4.38. The number of oxazole rings is 1. The number of fused-ring (bicyclic) bond motifs is 2. The van der Waals surface area contributed by atoms with Crippen LogP contribution in [0.25, 0.3) is 11.1 Å². The largest absolute Gasteiger partial charge is 0.432 e. The van der Waals surface area contributed by atoms with Crippen LogP contribution < -0.4 is 10.6 Å². The van der Waals surface area contributed by atoms with Crippen molar-refractivity contribution in [3.63, 3.8) is 0 Å². The van der Waals surface area contributed by atoms with E-state index in [1.54, 1.807) is 14.0 Å². The molecule has 0 saturated carbocycles. The molecule has 2 aliphatic rings. The second-order valence-corrected chi connectivity index (χ2v) is 9.17. The first-order chi connectivity index (χ1) is 16.2. The monoisotopic (exact) mass is 509 g/mol. The number of amides is 3. The molecule has 2 aromatic rings. The highest BCUT2D eigenvalue weighted by Crippen LogP contribution is 2.29. The Morgan fingerprint density at radius 2 is 2.03 bits per heavy atom. The van der Waals surface area contributed by atoms with Gasteiger partial charge in [-0.3, -0.25) is 24.2 Å². The summed E-state index contributed by atoms with van der Waals surface area (Å²) in [5, 5.41) is 8.84. The zero-order valence-electron chi connectivity index (χ0n) is 18.8. The van der Waals surface area contributed by atoms with Crippen LogP contribution in [0.4, 0.5) is 0 Å². The zero-order chi connectivity index (χ0) is 24.6. The van der Waals surface area contributed by atoms with Crippen molar-refractivity contribution in [1.82, 2.24) is 25.6 Å². The Hall–Kier alpha value is -2.69. The van der Waals surface area contributed by atoms with Crippen LogP contribution in [-0.4, -0.2) is 70.2 Å². The number of aromatic nitrogens is 1. The number of nitrogens with zero attached hydrogens (tertiary/aromatic N) is 3. The molecule has 34 heavy (non-hydrogen) atoms. The molecular formula is C22H25Cl2N5O5. The van der Waals surface area contributed by atoms with E-state index < -0.39 is 29.8 Å². The first-order valence-electron chi connectivity index (χ1n) is 11.2. The van der Waals surface area contributed by atoms with Gasteiger partial charge in [0.15, 0.2) is 5.58 Å². The lowest BCUT2D eigenvalue weighted by Crippen LogP contribution is -2.64.